The zero-order valence-electron chi connectivity index (χ0n) is 10.8. The molecule has 0 saturated carbocycles. The Labute approximate surface area is 120 Å². The van der Waals surface area contributed by atoms with E-state index in [4.69, 9.17) is 0 Å². The molecule has 2 N–H and O–H groups in total. The minimum atomic E-state index is -0.884. The quantitative estimate of drug-likeness (QED) is 0.871. The van der Waals surface area contributed by atoms with Crippen LogP contribution in [0.2, 0.25) is 0 Å². The van der Waals surface area contributed by atoms with Crippen molar-refractivity contribution >= 4 is 33.6 Å². The van der Waals surface area contributed by atoms with Crippen LogP contribution in [0.15, 0.2) is 22.7 Å². The highest BCUT2D eigenvalue weighted by Gasteiger charge is 2.21. The lowest BCUT2D eigenvalue weighted by atomic mass is 10.1. The van der Waals surface area contributed by atoms with E-state index in [1.807, 2.05) is 25.3 Å². The first-order valence-corrected chi connectivity index (χ1v) is 7.81. The van der Waals surface area contributed by atoms with Crippen molar-refractivity contribution < 1.29 is 9.90 Å². The Hall–Kier alpha value is -0.520. The molecule has 5 heteroatoms. The summed E-state index contributed by atoms with van der Waals surface area (Å²) >= 11 is 4.96. The minimum absolute atomic E-state index is 0.174. The molecule has 0 radical (unpaired) electrons. The standard InChI is InChI=1S/C13H18BrNO2S/c1-9-5-4-6-10(11(9)14)12(16)15-7-13(2,17)8-18-3/h4-6,17H,7-8H2,1-3H3,(H,15,16). The minimum Gasteiger partial charge on any atom is -0.387 e. The molecule has 1 amide bonds. The molecular weight excluding hydrogens is 314 g/mol. The Bertz CT molecular complexity index is 435. The van der Waals surface area contributed by atoms with E-state index in [0.29, 0.717) is 11.3 Å². The summed E-state index contributed by atoms with van der Waals surface area (Å²) in [6, 6.07) is 5.54. The zero-order valence-corrected chi connectivity index (χ0v) is 13.2. The van der Waals surface area contributed by atoms with Gasteiger partial charge in [0.25, 0.3) is 5.91 Å². The summed E-state index contributed by atoms with van der Waals surface area (Å²) in [7, 11) is 0. The van der Waals surface area contributed by atoms with Crippen molar-refractivity contribution in [2.24, 2.45) is 0 Å². The highest BCUT2D eigenvalue weighted by atomic mass is 79.9. The van der Waals surface area contributed by atoms with Gasteiger partial charge in [-0.1, -0.05) is 12.1 Å². The fraction of sp³-hybridized carbons (Fsp3) is 0.462. The van der Waals surface area contributed by atoms with Gasteiger partial charge in [-0.2, -0.15) is 11.8 Å². The molecule has 0 saturated heterocycles. The molecule has 18 heavy (non-hydrogen) atoms. The molecule has 1 aromatic rings. The molecule has 0 heterocycles. The SMILES string of the molecule is CSCC(C)(O)CNC(=O)c1cccc(C)c1Br. The number of carbonyl (C=O) groups is 1. The number of aliphatic hydroxyl groups is 1. The van der Waals surface area contributed by atoms with Crippen LogP contribution < -0.4 is 5.32 Å². The Morgan fingerprint density at radius 3 is 2.83 bits per heavy atom. The summed E-state index contributed by atoms with van der Waals surface area (Å²) < 4.78 is 0.798. The number of carbonyl (C=O) groups excluding carboxylic acids is 1. The number of rotatable bonds is 5. The van der Waals surface area contributed by atoms with E-state index in [1.54, 1.807) is 24.8 Å². The van der Waals surface area contributed by atoms with Crippen LogP contribution in [0.5, 0.6) is 0 Å². The van der Waals surface area contributed by atoms with Gasteiger partial charge < -0.3 is 10.4 Å². The maximum atomic E-state index is 12.0. The van der Waals surface area contributed by atoms with Crippen molar-refractivity contribution in [2.75, 3.05) is 18.6 Å². The van der Waals surface area contributed by atoms with Gasteiger partial charge in [0.2, 0.25) is 0 Å². The van der Waals surface area contributed by atoms with Gasteiger partial charge in [-0.15, -0.1) is 0 Å². The maximum absolute atomic E-state index is 12.0. The molecule has 1 unspecified atom stereocenters. The highest BCUT2D eigenvalue weighted by Crippen LogP contribution is 2.21. The van der Waals surface area contributed by atoms with Crippen LogP contribution in [0.3, 0.4) is 0 Å². The smallest absolute Gasteiger partial charge is 0.252 e. The monoisotopic (exact) mass is 331 g/mol. The van der Waals surface area contributed by atoms with Crippen LogP contribution in [0.25, 0.3) is 0 Å². The number of halogens is 1. The van der Waals surface area contributed by atoms with E-state index in [9.17, 15) is 9.90 Å². The fourth-order valence-corrected chi connectivity index (χ4v) is 2.72. The van der Waals surface area contributed by atoms with E-state index in [0.717, 1.165) is 10.0 Å². The van der Waals surface area contributed by atoms with Crippen molar-refractivity contribution in [3.05, 3.63) is 33.8 Å². The molecule has 1 rings (SSSR count). The van der Waals surface area contributed by atoms with E-state index in [2.05, 4.69) is 21.2 Å². The Balaban J connectivity index is 2.69. The van der Waals surface area contributed by atoms with Gasteiger partial charge in [-0.05, 0) is 47.7 Å². The van der Waals surface area contributed by atoms with E-state index in [1.165, 1.54) is 0 Å². The lowest BCUT2D eigenvalue weighted by Gasteiger charge is -2.22. The summed E-state index contributed by atoms with van der Waals surface area (Å²) in [4.78, 5) is 12.0. The van der Waals surface area contributed by atoms with Crippen molar-refractivity contribution in [1.29, 1.82) is 0 Å². The van der Waals surface area contributed by atoms with Crippen molar-refractivity contribution in [3.63, 3.8) is 0 Å². The van der Waals surface area contributed by atoms with E-state index < -0.39 is 5.60 Å². The number of thioether (sulfide) groups is 1. The van der Waals surface area contributed by atoms with Crippen molar-refractivity contribution in [2.45, 2.75) is 19.4 Å². The van der Waals surface area contributed by atoms with Gasteiger partial charge in [0, 0.05) is 16.8 Å². The third-order valence-corrected chi connectivity index (χ3v) is 4.48. The average molecular weight is 332 g/mol. The molecule has 0 fully saturated rings. The van der Waals surface area contributed by atoms with Crippen LogP contribution in [0.1, 0.15) is 22.8 Å². The molecule has 0 aliphatic heterocycles. The lowest BCUT2D eigenvalue weighted by Crippen LogP contribution is -2.42. The first-order chi connectivity index (χ1) is 8.37. The lowest BCUT2D eigenvalue weighted by molar-refractivity contribution is 0.0724. The molecule has 0 aromatic heterocycles. The number of amides is 1. The Morgan fingerprint density at radius 1 is 1.56 bits per heavy atom. The van der Waals surface area contributed by atoms with Gasteiger partial charge in [0.1, 0.15) is 0 Å². The van der Waals surface area contributed by atoms with Crippen LogP contribution in [-0.4, -0.2) is 35.2 Å². The Morgan fingerprint density at radius 2 is 2.22 bits per heavy atom. The molecule has 0 aliphatic rings. The van der Waals surface area contributed by atoms with Gasteiger partial charge in [0.05, 0.1) is 11.2 Å². The Kier molecular flexibility index (Phi) is 5.69. The maximum Gasteiger partial charge on any atom is 0.252 e. The van der Waals surface area contributed by atoms with Crippen LogP contribution in [0.4, 0.5) is 0 Å². The first kappa shape index (κ1) is 15.5. The molecule has 0 aliphatic carbocycles. The second-order valence-corrected chi connectivity index (χ2v) is 6.21. The molecule has 0 bridgehead atoms. The number of benzene rings is 1. The predicted octanol–water partition coefficient (Wildman–Crippen LogP) is 2.60. The molecule has 3 nitrogen and oxygen atoms in total. The fourth-order valence-electron chi connectivity index (χ4n) is 1.55. The van der Waals surface area contributed by atoms with Crippen molar-refractivity contribution in [1.82, 2.24) is 5.32 Å². The highest BCUT2D eigenvalue weighted by molar-refractivity contribution is 9.10. The number of aryl methyl sites for hydroxylation is 1. The molecule has 0 spiro atoms. The van der Waals surface area contributed by atoms with Gasteiger partial charge in [-0.3, -0.25) is 4.79 Å². The molecule has 100 valence electrons. The topological polar surface area (TPSA) is 49.3 Å². The van der Waals surface area contributed by atoms with Crippen molar-refractivity contribution in [3.8, 4) is 0 Å². The number of hydrogen-bond acceptors (Lipinski definition) is 3. The summed E-state index contributed by atoms with van der Waals surface area (Å²) in [5.41, 5.74) is 0.722. The van der Waals surface area contributed by atoms with E-state index >= 15 is 0 Å². The molecular formula is C13H18BrNO2S. The number of hydrogen-bond donors (Lipinski definition) is 2. The van der Waals surface area contributed by atoms with Gasteiger partial charge in [0.15, 0.2) is 0 Å². The predicted molar refractivity (Wildman–Crippen MR) is 80.2 cm³/mol. The zero-order chi connectivity index (χ0) is 13.8. The third-order valence-electron chi connectivity index (χ3n) is 2.52. The molecule has 1 aromatic carbocycles. The third kappa shape index (κ3) is 4.30. The summed E-state index contributed by atoms with van der Waals surface area (Å²) in [5.74, 6) is 0.411. The van der Waals surface area contributed by atoms with Crippen LogP contribution >= 0.6 is 27.7 Å². The van der Waals surface area contributed by atoms with Crippen LogP contribution in [-0.2, 0) is 0 Å². The largest absolute Gasteiger partial charge is 0.387 e. The molecule has 1 atom stereocenters. The van der Waals surface area contributed by atoms with Crippen LogP contribution in [0, 0.1) is 6.92 Å². The summed E-state index contributed by atoms with van der Waals surface area (Å²) in [6.07, 6.45) is 1.92. The average Bonchev–Trinajstić information content (AvgIpc) is 2.30. The summed E-state index contributed by atoms with van der Waals surface area (Å²) in [5, 5.41) is 12.7. The second-order valence-electron chi connectivity index (χ2n) is 4.55. The van der Waals surface area contributed by atoms with Gasteiger partial charge >= 0.3 is 0 Å². The second kappa shape index (κ2) is 6.59. The number of nitrogens with one attached hydrogen (secondary N) is 1. The normalized spacial score (nSPS) is 14.1. The van der Waals surface area contributed by atoms with E-state index in [-0.39, 0.29) is 12.5 Å². The summed E-state index contributed by atoms with van der Waals surface area (Å²) in [6.45, 7) is 3.90. The first-order valence-electron chi connectivity index (χ1n) is 5.62. The van der Waals surface area contributed by atoms with Gasteiger partial charge in [-0.25, -0.2) is 0 Å².